The van der Waals surface area contributed by atoms with Crippen LogP contribution in [-0.4, -0.2) is 11.6 Å². The average Bonchev–Trinajstić information content (AvgIpc) is 3.05. The summed E-state index contributed by atoms with van der Waals surface area (Å²) in [5.41, 5.74) is 3.58. The zero-order valence-electron chi connectivity index (χ0n) is 12.1. The van der Waals surface area contributed by atoms with Crippen LogP contribution in [0.5, 0.6) is 5.75 Å². The standard InChI is InChI=1S/C18H14N2OS/c1-2-21-17-6-4-3-5-15(17)18-20-16(12-22-18)14-9-7-13(11-19)8-10-14/h3-10,12H,2H2,1H3. The molecule has 1 aromatic heterocycles. The van der Waals surface area contributed by atoms with E-state index in [0.29, 0.717) is 12.2 Å². The minimum Gasteiger partial charge on any atom is -0.493 e. The summed E-state index contributed by atoms with van der Waals surface area (Å²) in [6, 6.07) is 17.5. The molecule has 3 nitrogen and oxygen atoms in total. The number of benzene rings is 2. The molecule has 108 valence electrons. The van der Waals surface area contributed by atoms with Gasteiger partial charge in [-0.1, -0.05) is 24.3 Å². The van der Waals surface area contributed by atoms with Crippen LogP contribution >= 0.6 is 11.3 Å². The maximum absolute atomic E-state index is 8.86. The van der Waals surface area contributed by atoms with Gasteiger partial charge < -0.3 is 4.74 Å². The van der Waals surface area contributed by atoms with Gasteiger partial charge in [-0.15, -0.1) is 11.3 Å². The van der Waals surface area contributed by atoms with Gasteiger partial charge in [-0.2, -0.15) is 5.26 Å². The van der Waals surface area contributed by atoms with E-state index in [4.69, 9.17) is 15.0 Å². The number of aromatic nitrogens is 1. The first-order valence-corrected chi connectivity index (χ1v) is 7.88. The minimum absolute atomic E-state index is 0.630. The van der Waals surface area contributed by atoms with Crippen molar-refractivity contribution in [3.05, 3.63) is 59.5 Å². The molecular weight excluding hydrogens is 292 g/mol. The van der Waals surface area contributed by atoms with Crippen molar-refractivity contribution < 1.29 is 4.74 Å². The molecule has 0 saturated heterocycles. The number of para-hydroxylation sites is 1. The number of nitriles is 1. The van der Waals surface area contributed by atoms with Crippen molar-refractivity contribution in [3.8, 4) is 33.6 Å². The van der Waals surface area contributed by atoms with Gasteiger partial charge >= 0.3 is 0 Å². The van der Waals surface area contributed by atoms with E-state index in [0.717, 1.165) is 27.6 Å². The van der Waals surface area contributed by atoms with Crippen molar-refractivity contribution in [3.63, 3.8) is 0 Å². The number of nitrogens with zero attached hydrogens (tertiary/aromatic N) is 2. The second-order valence-corrected chi connectivity index (χ2v) is 5.51. The van der Waals surface area contributed by atoms with Crippen LogP contribution in [0.3, 0.4) is 0 Å². The van der Waals surface area contributed by atoms with Gasteiger partial charge in [0.15, 0.2) is 0 Å². The van der Waals surface area contributed by atoms with Crippen molar-refractivity contribution >= 4 is 11.3 Å². The van der Waals surface area contributed by atoms with Gasteiger partial charge in [0.25, 0.3) is 0 Å². The molecule has 2 aromatic carbocycles. The van der Waals surface area contributed by atoms with Gasteiger partial charge in [-0.05, 0) is 31.2 Å². The predicted molar refractivity (Wildman–Crippen MR) is 88.9 cm³/mol. The van der Waals surface area contributed by atoms with Gasteiger partial charge in [0.1, 0.15) is 10.8 Å². The first-order valence-electron chi connectivity index (χ1n) is 7.00. The Hall–Kier alpha value is -2.64. The highest BCUT2D eigenvalue weighted by atomic mass is 32.1. The topological polar surface area (TPSA) is 45.9 Å². The van der Waals surface area contributed by atoms with Gasteiger partial charge in [0.05, 0.1) is 29.5 Å². The van der Waals surface area contributed by atoms with Gasteiger partial charge in [0.2, 0.25) is 0 Å². The molecule has 0 bridgehead atoms. The average molecular weight is 306 g/mol. The van der Waals surface area contributed by atoms with E-state index in [-0.39, 0.29) is 0 Å². The highest BCUT2D eigenvalue weighted by molar-refractivity contribution is 7.13. The Balaban J connectivity index is 1.95. The van der Waals surface area contributed by atoms with Crippen LogP contribution in [0.2, 0.25) is 0 Å². The van der Waals surface area contributed by atoms with E-state index in [2.05, 4.69) is 6.07 Å². The van der Waals surface area contributed by atoms with Gasteiger partial charge in [-0.3, -0.25) is 0 Å². The fraction of sp³-hybridized carbons (Fsp3) is 0.111. The Morgan fingerprint density at radius 1 is 1.14 bits per heavy atom. The lowest BCUT2D eigenvalue weighted by atomic mass is 10.1. The molecule has 22 heavy (non-hydrogen) atoms. The molecule has 0 N–H and O–H groups in total. The highest BCUT2D eigenvalue weighted by Crippen LogP contribution is 2.34. The zero-order valence-corrected chi connectivity index (χ0v) is 12.9. The van der Waals surface area contributed by atoms with E-state index >= 15 is 0 Å². The second kappa shape index (κ2) is 6.42. The van der Waals surface area contributed by atoms with Crippen molar-refractivity contribution in [2.24, 2.45) is 0 Å². The third-order valence-electron chi connectivity index (χ3n) is 3.23. The molecule has 0 radical (unpaired) electrons. The number of thiazole rings is 1. The van der Waals surface area contributed by atoms with Crippen LogP contribution in [0.25, 0.3) is 21.8 Å². The largest absolute Gasteiger partial charge is 0.493 e. The van der Waals surface area contributed by atoms with Crippen LogP contribution in [0.1, 0.15) is 12.5 Å². The number of ether oxygens (including phenoxy) is 1. The molecule has 4 heteroatoms. The summed E-state index contributed by atoms with van der Waals surface area (Å²) in [5.74, 6) is 0.853. The molecule has 0 aliphatic heterocycles. The first-order chi connectivity index (χ1) is 10.8. The summed E-state index contributed by atoms with van der Waals surface area (Å²) in [7, 11) is 0. The fourth-order valence-electron chi connectivity index (χ4n) is 2.17. The molecular formula is C18H14N2OS. The molecule has 0 aliphatic carbocycles. The van der Waals surface area contributed by atoms with E-state index in [1.165, 1.54) is 0 Å². The maximum Gasteiger partial charge on any atom is 0.129 e. The third-order valence-corrected chi connectivity index (χ3v) is 4.11. The van der Waals surface area contributed by atoms with Gasteiger partial charge in [0, 0.05) is 10.9 Å². The number of hydrogen-bond donors (Lipinski definition) is 0. The summed E-state index contributed by atoms with van der Waals surface area (Å²) >= 11 is 1.59. The zero-order chi connectivity index (χ0) is 15.4. The Bertz CT molecular complexity index is 816. The maximum atomic E-state index is 8.86. The molecule has 0 aliphatic rings. The fourth-order valence-corrected chi connectivity index (χ4v) is 3.03. The first kappa shape index (κ1) is 14.3. The van der Waals surface area contributed by atoms with E-state index in [1.807, 2.05) is 60.8 Å². The SMILES string of the molecule is CCOc1ccccc1-c1nc(-c2ccc(C#N)cc2)cs1. The molecule has 0 saturated carbocycles. The Morgan fingerprint density at radius 2 is 1.91 bits per heavy atom. The molecule has 0 amide bonds. The Labute approximate surface area is 133 Å². The molecule has 0 fully saturated rings. The smallest absolute Gasteiger partial charge is 0.129 e. The normalized spacial score (nSPS) is 10.2. The van der Waals surface area contributed by atoms with Crippen molar-refractivity contribution in [2.45, 2.75) is 6.92 Å². The molecule has 3 aromatic rings. The molecule has 0 atom stereocenters. The summed E-state index contributed by atoms with van der Waals surface area (Å²) in [4.78, 5) is 4.70. The lowest BCUT2D eigenvalue weighted by Gasteiger charge is -2.07. The lowest BCUT2D eigenvalue weighted by Crippen LogP contribution is -1.93. The molecule has 1 heterocycles. The van der Waals surface area contributed by atoms with Crippen LogP contribution in [0.4, 0.5) is 0 Å². The quantitative estimate of drug-likeness (QED) is 0.699. The molecule has 3 rings (SSSR count). The minimum atomic E-state index is 0.630. The van der Waals surface area contributed by atoms with E-state index < -0.39 is 0 Å². The number of hydrogen-bond acceptors (Lipinski definition) is 4. The highest BCUT2D eigenvalue weighted by Gasteiger charge is 2.11. The van der Waals surface area contributed by atoms with Crippen LogP contribution in [0, 0.1) is 11.3 Å². The predicted octanol–water partition coefficient (Wildman–Crippen LogP) is 4.75. The second-order valence-electron chi connectivity index (χ2n) is 4.66. The summed E-state index contributed by atoms with van der Waals surface area (Å²) in [6.07, 6.45) is 0. The summed E-state index contributed by atoms with van der Waals surface area (Å²) in [6.45, 7) is 2.60. The van der Waals surface area contributed by atoms with E-state index in [1.54, 1.807) is 11.3 Å². The summed E-state index contributed by atoms with van der Waals surface area (Å²) < 4.78 is 5.67. The van der Waals surface area contributed by atoms with Gasteiger partial charge in [-0.25, -0.2) is 4.98 Å². The van der Waals surface area contributed by atoms with Crippen molar-refractivity contribution in [1.29, 1.82) is 5.26 Å². The van der Waals surface area contributed by atoms with Crippen LogP contribution in [0.15, 0.2) is 53.9 Å². The van der Waals surface area contributed by atoms with Crippen molar-refractivity contribution in [2.75, 3.05) is 6.61 Å². The Kier molecular flexibility index (Phi) is 4.17. The summed E-state index contributed by atoms with van der Waals surface area (Å²) in [5, 5.41) is 11.8. The third kappa shape index (κ3) is 2.85. The monoisotopic (exact) mass is 306 g/mol. The van der Waals surface area contributed by atoms with Crippen LogP contribution in [-0.2, 0) is 0 Å². The van der Waals surface area contributed by atoms with Crippen molar-refractivity contribution in [1.82, 2.24) is 4.98 Å². The molecule has 0 spiro atoms. The lowest BCUT2D eigenvalue weighted by molar-refractivity contribution is 0.341. The van der Waals surface area contributed by atoms with E-state index in [9.17, 15) is 0 Å². The molecule has 0 unspecified atom stereocenters. The Morgan fingerprint density at radius 3 is 2.64 bits per heavy atom. The number of rotatable bonds is 4. The van der Waals surface area contributed by atoms with Crippen LogP contribution < -0.4 is 4.74 Å².